The topological polar surface area (TPSA) is 125 Å². The molecule has 32 heavy (non-hydrogen) atoms. The summed E-state index contributed by atoms with van der Waals surface area (Å²) in [5.74, 6) is -1.28. The van der Waals surface area contributed by atoms with Crippen molar-refractivity contribution in [1.29, 1.82) is 0 Å². The number of hydrogen-bond donors (Lipinski definition) is 4. The second-order valence-corrected chi connectivity index (χ2v) is 7.36. The summed E-state index contributed by atoms with van der Waals surface area (Å²) >= 11 is 0. The standard InChI is InChI=1S/C20H24F3N7O2/c1-25-18(32)12-3-2-8-30(10-12)14-6-4-13(5-7-14)28-19-26-9-15(16(24)31)17(29-19)27-11-20(21,22)23/h4-7,9,12H,2-3,8,10-11H2,1H3,(H2,24,31)(H,25,32)(H2,26,27,28,29)/t12-/m1/s1. The van der Waals surface area contributed by atoms with E-state index in [2.05, 4.69) is 30.8 Å². The third kappa shape index (κ3) is 5.99. The molecule has 2 amide bonds. The molecular weight excluding hydrogens is 427 g/mol. The first-order valence-electron chi connectivity index (χ1n) is 9.97. The number of primary amides is 1. The number of alkyl halides is 3. The molecule has 3 rings (SSSR count). The van der Waals surface area contributed by atoms with Crippen LogP contribution in [0.3, 0.4) is 0 Å². The monoisotopic (exact) mass is 451 g/mol. The molecule has 1 aromatic carbocycles. The van der Waals surface area contributed by atoms with E-state index < -0.39 is 18.6 Å². The van der Waals surface area contributed by atoms with E-state index in [9.17, 15) is 22.8 Å². The average molecular weight is 451 g/mol. The summed E-state index contributed by atoms with van der Waals surface area (Å²) in [5, 5.41) is 7.66. The minimum absolute atomic E-state index is 0.00470. The maximum atomic E-state index is 12.5. The molecule has 0 saturated carbocycles. The first-order chi connectivity index (χ1) is 15.2. The smallest absolute Gasteiger partial charge is 0.371 e. The lowest BCUT2D eigenvalue weighted by atomic mass is 9.96. The Morgan fingerprint density at radius 1 is 1.25 bits per heavy atom. The maximum absolute atomic E-state index is 12.5. The van der Waals surface area contributed by atoms with Gasteiger partial charge in [-0.3, -0.25) is 9.59 Å². The Morgan fingerprint density at radius 2 is 1.97 bits per heavy atom. The van der Waals surface area contributed by atoms with Crippen LogP contribution < -0.4 is 26.6 Å². The Bertz CT molecular complexity index is 967. The van der Waals surface area contributed by atoms with Crippen molar-refractivity contribution in [2.45, 2.75) is 19.0 Å². The number of nitrogens with one attached hydrogen (secondary N) is 3. The molecule has 0 unspecified atom stereocenters. The number of aromatic nitrogens is 2. The van der Waals surface area contributed by atoms with Gasteiger partial charge in [0.15, 0.2) is 0 Å². The van der Waals surface area contributed by atoms with Crippen LogP contribution in [-0.2, 0) is 4.79 Å². The number of hydrogen-bond acceptors (Lipinski definition) is 7. The summed E-state index contributed by atoms with van der Waals surface area (Å²) in [6.45, 7) is 0.0931. The predicted molar refractivity (Wildman–Crippen MR) is 114 cm³/mol. The first kappa shape index (κ1) is 23.1. The molecule has 1 aromatic heterocycles. The molecule has 1 atom stereocenters. The predicted octanol–water partition coefficient (Wildman–Crippen LogP) is 2.26. The molecule has 5 N–H and O–H groups in total. The summed E-state index contributed by atoms with van der Waals surface area (Å²) in [4.78, 5) is 33.4. The van der Waals surface area contributed by atoms with Crippen molar-refractivity contribution in [1.82, 2.24) is 15.3 Å². The highest BCUT2D eigenvalue weighted by Gasteiger charge is 2.28. The second kappa shape index (κ2) is 9.71. The van der Waals surface area contributed by atoms with Crippen molar-refractivity contribution in [3.8, 4) is 0 Å². The molecule has 12 heteroatoms. The van der Waals surface area contributed by atoms with Gasteiger partial charge in [-0.25, -0.2) is 4.98 Å². The van der Waals surface area contributed by atoms with E-state index in [0.717, 1.165) is 31.3 Å². The largest absolute Gasteiger partial charge is 0.405 e. The number of benzene rings is 1. The molecule has 172 valence electrons. The van der Waals surface area contributed by atoms with Crippen LogP contribution in [0.4, 0.5) is 36.3 Å². The van der Waals surface area contributed by atoms with E-state index in [1.807, 2.05) is 12.1 Å². The van der Waals surface area contributed by atoms with E-state index >= 15 is 0 Å². The van der Waals surface area contributed by atoms with Gasteiger partial charge in [-0.15, -0.1) is 0 Å². The van der Waals surface area contributed by atoms with Gasteiger partial charge in [0.2, 0.25) is 11.9 Å². The van der Waals surface area contributed by atoms with Crippen molar-refractivity contribution in [2.75, 3.05) is 42.2 Å². The number of carbonyl (C=O) groups is 2. The van der Waals surface area contributed by atoms with Crippen LogP contribution >= 0.6 is 0 Å². The number of anilines is 4. The van der Waals surface area contributed by atoms with Crippen molar-refractivity contribution in [2.24, 2.45) is 11.7 Å². The highest BCUT2D eigenvalue weighted by molar-refractivity contribution is 5.97. The van der Waals surface area contributed by atoms with Gasteiger partial charge >= 0.3 is 6.18 Å². The zero-order valence-electron chi connectivity index (χ0n) is 17.4. The molecule has 1 saturated heterocycles. The molecule has 0 bridgehead atoms. The Kier molecular flexibility index (Phi) is 7.01. The van der Waals surface area contributed by atoms with Crippen LogP contribution in [-0.4, -0.2) is 54.6 Å². The molecular formula is C20H24F3N7O2. The third-order valence-electron chi connectivity index (χ3n) is 5.04. The van der Waals surface area contributed by atoms with Crippen LogP contribution in [0, 0.1) is 5.92 Å². The van der Waals surface area contributed by atoms with Crippen molar-refractivity contribution >= 4 is 35.0 Å². The fourth-order valence-electron chi connectivity index (χ4n) is 3.46. The number of carbonyl (C=O) groups excluding carboxylic acids is 2. The van der Waals surface area contributed by atoms with Crippen molar-refractivity contribution in [3.05, 3.63) is 36.0 Å². The normalized spacial score (nSPS) is 16.4. The number of amides is 2. The van der Waals surface area contributed by atoms with Crippen LogP contribution in [0.25, 0.3) is 0 Å². The zero-order chi connectivity index (χ0) is 23.3. The number of rotatable bonds is 7. The number of halogens is 3. The number of piperidine rings is 1. The van der Waals surface area contributed by atoms with Gasteiger partial charge in [0.05, 0.1) is 11.5 Å². The van der Waals surface area contributed by atoms with Crippen LogP contribution in [0.1, 0.15) is 23.2 Å². The van der Waals surface area contributed by atoms with Gasteiger partial charge in [-0.1, -0.05) is 0 Å². The minimum Gasteiger partial charge on any atom is -0.371 e. The SMILES string of the molecule is CNC(=O)[C@@H]1CCCN(c2ccc(Nc3ncc(C(N)=O)c(NCC(F)(F)F)n3)cc2)C1. The Hall–Kier alpha value is -3.57. The summed E-state index contributed by atoms with van der Waals surface area (Å²) in [6.07, 6.45) is -1.67. The molecule has 9 nitrogen and oxygen atoms in total. The van der Waals surface area contributed by atoms with Gasteiger partial charge in [0, 0.05) is 37.7 Å². The van der Waals surface area contributed by atoms with E-state index in [-0.39, 0.29) is 29.2 Å². The number of nitrogens with zero attached hydrogens (tertiary/aromatic N) is 3. The van der Waals surface area contributed by atoms with Crippen LogP contribution in [0.15, 0.2) is 30.5 Å². The van der Waals surface area contributed by atoms with Gasteiger partial charge in [0.1, 0.15) is 12.4 Å². The minimum atomic E-state index is -4.49. The Morgan fingerprint density at radius 3 is 2.59 bits per heavy atom. The quantitative estimate of drug-likeness (QED) is 0.509. The molecule has 0 aliphatic carbocycles. The second-order valence-electron chi connectivity index (χ2n) is 7.36. The molecule has 0 radical (unpaired) electrons. The fraction of sp³-hybridized carbons (Fsp3) is 0.400. The van der Waals surface area contributed by atoms with Crippen molar-refractivity contribution < 1.29 is 22.8 Å². The highest BCUT2D eigenvalue weighted by Crippen LogP contribution is 2.26. The molecule has 2 aromatic rings. The van der Waals surface area contributed by atoms with E-state index in [4.69, 9.17) is 5.73 Å². The van der Waals surface area contributed by atoms with E-state index in [1.165, 1.54) is 0 Å². The Labute approximate surface area is 182 Å². The molecule has 0 spiro atoms. The van der Waals surface area contributed by atoms with E-state index in [0.29, 0.717) is 12.2 Å². The van der Waals surface area contributed by atoms with E-state index in [1.54, 1.807) is 19.2 Å². The van der Waals surface area contributed by atoms with Gasteiger partial charge in [0.25, 0.3) is 5.91 Å². The Balaban J connectivity index is 1.71. The first-order valence-corrected chi connectivity index (χ1v) is 9.97. The summed E-state index contributed by atoms with van der Waals surface area (Å²) in [5.41, 5.74) is 6.49. The van der Waals surface area contributed by atoms with Gasteiger partial charge in [-0.2, -0.15) is 18.2 Å². The van der Waals surface area contributed by atoms with Crippen LogP contribution in [0.5, 0.6) is 0 Å². The fourth-order valence-corrected chi connectivity index (χ4v) is 3.46. The van der Waals surface area contributed by atoms with Crippen LogP contribution in [0.2, 0.25) is 0 Å². The van der Waals surface area contributed by atoms with Gasteiger partial charge < -0.3 is 26.6 Å². The highest BCUT2D eigenvalue weighted by atomic mass is 19.4. The lowest BCUT2D eigenvalue weighted by Crippen LogP contribution is -2.42. The maximum Gasteiger partial charge on any atom is 0.405 e. The summed E-state index contributed by atoms with van der Waals surface area (Å²) in [7, 11) is 1.63. The average Bonchev–Trinajstić information content (AvgIpc) is 2.77. The number of nitrogens with two attached hydrogens (primary N) is 1. The molecule has 1 aliphatic heterocycles. The zero-order valence-corrected chi connectivity index (χ0v) is 17.4. The summed E-state index contributed by atoms with van der Waals surface area (Å²) < 4.78 is 37.6. The third-order valence-corrected chi connectivity index (χ3v) is 5.04. The lowest BCUT2D eigenvalue weighted by molar-refractivity contribution is -0.124. The lowest BCUT2D eigenvalue weighted by Gasteiger charge is -2.33. The molecule has 2 heterocycles. The van der Waals surface area contributed by atoms with Gasteiger partial charge in [-0.05, 0) is 37.1 Å². The molecule has 1 aliphatic rings. The summed E-state index contributed by atoms with van der Waals surface area (Å²) in [6, 6.07) is 7.28. The van der Waals surface area contributed by atoms with Crippen molar-refractivity contribution in [3.63, 3.8) is 0 Å². The molecule has 1 fully saturated rings.